The molecule has 154 valence electrons. The highest BCUT2D eigenvalue weighted by Gasteiger charge is 2.41. The van der Waals surface area contributed by atoms with E-state index in [1.165, 1.54) is 48.5 Å². The van der Waals surface area contributed by atoms with Crippen LogP contribution in [0.25, 0.3) is 5.57 Å². The Hall–Kier alpha value is -4.04. The van der Waals surface area contributed by atoms with Gasteiger partial charge in [-0.15, -0.1) is 0 Å². The number of hydrogen-bond acceptors (Lipinski definition) is 5. The van der Waals surface area contributed by atoms with E-state index in [1.54, 1.807) is 24.3 Å². The Labute approximate surface area is 180 Å². The van der Waals surface area contributed by atoms with Gasteiger partial charge in [0, 0.05) is 17.8 Å². The number of nitrogens with zero attached hydrogens (tertiary/aromatic N) is 2. The molecule has 1 heterocycles. The quantitative estimate of drug-likeness (QED) is 0.352. The van der Waals surface area contributed by atoms with Crippen LogP contribution < -0.4 is 10.2 Å². The van der Waals surface area contributed by atoms with Crippen molar-refractivity contribution in [3.05, 3.63) is 105 Å². The van der Waals surface area contributed by atoms with Gasteiger partial charge < -0.3 is 5.32 Å². The minimum atomic E-state index is -0.685. The average molecular weight is 438 g/mol. The van der Waals surface area contributed by atoms with Gasteiger partial charge in [-0.3, -0.25) is 19.7 Å². The second kappa shape index (κ2) is 8.00. The lowest BCUT2D eigenvalue weighted by molar-refractivity contribution is -0.384. The minimum Gasteiger partial charge on any atom is -0.350 e. The van der Waals surface area contributed by atoms with Crippen LogP contribution in [0.3, 0.4) is 0 Å². The third-order valence-electron chi connectivity index (χ3n) is 4.64. The Kier molecular flexibility index (Phi) is 5.22. The van der Waals surface area contributed by atoms with Gasteiger partial charge in [0.1, 0.15) is 11.5 Å². The SMILES string of the molecule is O=C1C(Nc2cccc(F)c2)=C(c2ccc([N+](=O)[O-])cc2)C(=O)N1c1ccccc1Cl. The van der Waals surface area contributed by atoms with E-state index >= 15 is 0 Å². The molecule has 0 saturated heterocycles. The molecule has 3 aromatic rings. The zero-order valence-corrected chi connectivity index (χ0v) is 16.5. The van der Waals surface area contributed by atoms with Gasteiger partial charge in [-0.25, -0.2) is 9.29 Å². The van der Waals surface area contributed by atoms with Crippen LogP contribution in [0.1, 0.15) is 5.56 Å². The Morgan fingerprint density at radius 3 is 2.29 bits per heavy atom. The lowest BCUT2D eigenvalue weighted by Crippen LogP contribution is -2.32. The molecule has 7 nitrogen and oxygen atoms in total. The van der Waals surface area contributed by atoms with Gasteiger partial charge in [0.15, 0.2) is 0 Å². The summed E-state index contributed by atoms with van der Waals surface area (Å²) in [5.74, 6) is -1.87. The highest BCUT2D eigenvalue weighted by Crippen LogP contribution is 2.37. The first-order valence-corrected chi connectivity index (χ1v) is 9.39. The van der Waals surface area contributed by atoms with Crippen LogP contribution in [0, 0.1) is 15.9 Å². The fourth-order valence-corrected chi connectivity index (χ4v) is 3.45. The van der Waals surface area contributed by atoms with Crippen molar-refractivity contribution in [3.8, 4) is 0 Å². The fraction of sp³-hybridized carbons (Fsp3) is 0. The molecule has 0 aliphatic carbocycles. The van der Waals surface area contributed by atoms with Gasteiger partial charge in [0.2, 0.25) is 0 Å². The molecule has 3 aromatic carbocycles. The summed E-state index contributed by atoms with van der Waals surface area (Å²) < 4.78 is 13.7. The third-order valence-corrected chi connectivity index (χ3v) is 4.96. The van der Waals surface area contributed by atoms with Gasteiger partial charge >= 0.3 is 0 Å². The molecule has 0 aromatic heterocycles. The Balaban J connectivity index is 1.84. The van der Waals surface area contributed by atoms with Gasteiger partial charge in [0.25, 0.3) is 17.5 Å². The number of nitrogens with one attached hydrogen (secondary N) is 1. The summed E-state index contributed by atoms with van der Waals surface area (Å²) in [4.78, 5) is 37.9. The van der Waals surface area contributed by atoms with Gasteiger partial charge in [-0.1, -0.05) is 29.8 Å². The van der Waals surface area contributed by atoms with E-state index in [2.05, 4.69) is 5.32 Å². The third kappa shape index (κ3) is 3.76. The normalized spacial score (nSPS) is 13.7. The summed E-state index contributed by atoms with van der Waals surface area (Å²) in [5, 5.41) is 14.0. The number of para-hydroxylation sites is 1. The maximum Gasteiger partial charge on any atom is 0.282 e. The van der Waals surface area contributed by atoms with Crippen LogP contribution in [0.5, 0.6) is 0 Å². The molecular formula is C22H13ClFN3O4. The van der Waals surface area contributed by atoms with Crippen LogP contribution in [-0.4, -0.2) is 16.7 Å². The van der Waals surface area contributed by atoms with E-state index in [1.807, 2.05) is 0 Å². The van der Waals surface area contributed by atoms with Crippen molar-refractivity contribution in [1.29, 1.82) is 0 Å². The van der Waals surface area contributed by atoms with Crippen molar-refractivity contribution in [3.63, 3.8) is 0 Å². The second-order valence-corrected chi connectivity index (χ2v) is 6.99. The topological polar surface area (TPSA) is 92.5 Å². The number of nitro groups is 1. The van der Waals surface area contributed by atoms with Crippen molar-refractivity contribution < 1.29 is 18.9 Å². The van der Waals surface area contributed by atoms with E-state index in [0.717, 1.165) is 4.90 Å². The standard InChI is InChI=1S/C22H13ClFN3O4/c23-17-6-1-2-7-18(17)26-21(28)19(13-8-10-16(11-9-13)27(30)31)20(22(26)29)25-15-5-3-4-14(24)12-15/h1-12,25H. The first kappa shape index (κ1) is 20.2. The molecule has 1 N–H and O–H groups in total. The summed E-state index contributed by atoms with van der Waals surface area (Å²) >= 11 is 6.20. The maximum atomic E-state index is 13.7. The van der Waals surface area contributed by atoms with Crippen LogP contribution in [-0.2, 0) is 9.59 Å². The molecule has 0 saturated carbocycles. The molecule has 31 heavy (non-hydrogen) atoms. The van der Waals surface area contributed by atoms with Crippen LogP contribution in [0.15, 0.2) is 78.5 Å². The van der Waals surface area contributed by atoms with E-state index in [9.17, 15) is 24.1 Å². The van der Waals surface area contributed by atoms with Gasteiger partial charge in [-0.05, 0) is 48.0 Å². The number of amides is 2. The molecule has 0 spiro atoms. The molecule has 1 aliphatic rings. The molecule has 2 amide bonds. The van der Waals surface area contributed by atoms with Crippen molar-refractivity contribution in [2.75, 3.05) is 10.2 Å². The monoisotopic (exact) mass is 437 g/mol. The van der Waals surface area contributed by atoms with Crippen LogP contribution in [0.4, 0.5) is 21.5 Å². The number of carbonyl (C=O) groups excluding carboxylic acids is 2. The summed E-state index contributed by atoms with van der Waals surface area (Å²) in [6, 6.07) is 17.0. The molecule has 0 atom stereocenters. The van der Waals surface area contributed by atoms with Crippen molar-refractivity contribution in [1.82, 2.24) is 0 Å². The number of nitro benzene ring substituents is 1. The van der Waals surface area contributed by atoms with Crippen molar-refractivity contribution in [2.45, 2.75) is 0 Å². The van der Waals surface area contributed by atoms with Crippen molar-refractivity contribution in [2.24, 2.45) is 0 Å². The number of hydrogen-bond donors (Lipinski definition) is 1. The molecule has 0 unspecified atom stereocenters. The average Bonchev–Trinajstić information content (AvgIpc) is 2.98. The molecule has 0 fully saturated rings. The summed E-state index contributed by atoms with van der Waals surface area (Å²) in [5.41, 5.74) is 0.473. The van der Waals surface area contributed by atoms with Crippen LogP contribution in [0.2, 0.25) is 5.02 Å². The smallest absolute Gasteiger partial charge is 0.282 e. The first-order chi connectivity index (χ1) is 14.9. The molecule has 0 radical (unpaired) electrons. The highest BCUT2D eigenvalue weighted by atomic mass is 35.5. The van der Waals surface area contributed by atoms with Gasteiger partial charge in [-0.2, -0.15) is 0 Å². The second-order valence-electron chi connectivity index (χ2n) is 6.59. The summed E-state index contributed by atoms with van der Waals surface area (Å²) in [7, 11) is 0. The number of non-ortho nitro benzene ring substituents is 1. The Bertz CT molecular complexity index is 1260. The van der Waals surface area contributed by atoms with Crippen LogP contribution >= 0.6 is 11.6 Å². The number of anilines is 2. The predicted octanol–water partition coefficient (Wildman–Crippen LogP) is 4.78. The lowest BCUT2D eigenvalue weighted by Gasteiger charge is -2.16. The number of imide groups is 1. The number of benzene rings is 3. The lowest BCUT2D eigenvalue weighted by atomic mass is 10.0. The molecule has 1 aliphatic heterocycles. The Morgan fingerprint density at radius 2 is 1.65 bits per heavy atom. The number of carbonyl (C=O) groups is 2. The fourth-order valence-electron chi connectivity index (χ4n) is 3.23. The van der Waals surface area contributed by atoms with E-state index in [4.69, 9.17) is 11.6 Å². The van der Waals surface area contributed by atoms with E-state index in [-0.39, 0.29) is 38.9 Å². The Morgan fingerprint density at radius 1 is 0.935 bits per heavy atom. The first-order valence-electron chi connectivity index (χ1n) is 9.02. The number of rotatable bonds is 5. The highest BCUT2D eigenvalue weighted by molar-refractivity contribution is 6.48. The zero-order valence-electron chi connectivity index (χ0n) is 15.7. The summed E-state index contributed by atoms with van der Waals surface area (Å²) in [6.07, 6.45) is 0. The van der Waals surface area contributed by atoms with E-state index < -0.39 is 22.6 Å². The molecule has 4 rings (SSSR count). The molecule has 9 heteroatoms. The van der Waals surface area contributed by atoms with Gasteiger partial charge in [0.05, 0.1) is 21.2 Å². The van der Waals surface area contributed by atoms with E-state index in [0.29, 0.717) is 0 Å². The number of halogens is 2. The summed E-state index contributed by atoms with van der Waals surface area (Å²) in [6.45, 7) is 0. The van der Waals surface area contributed by atoms with Crippen molar-refractivity contribution >= 4 is 46.1 Å². The minimum absolute atomic E-state index is 0.0101. The molecular weight excluding hydrogens is 425 g/mol. The molecule has 0 bridgehead atoms. The zero-order chi connectivity index (χ0) is 22.1. The predicted molar refractivity (Wildman–Crippen MR) is 114 cm³/mol. The maximum absolute atomic E-state index is 13.7. The largest absolute Gasteiger partial charge is 0.350 e.